The number of aromatic nitrogens is 2. The van der Waals surface area contributed by atoms with Crippen molar-refractivity contribution < 1.29 is 4.39 Å². The number of nitrogens with zero attached hydrogens (tertiary/aromatic N) is 4. The van der Waals surface area contributed by atoms with E-state index in [0.717, 1.165) is 30.6 Å². The van der Waals surface area contributed by atoms with Crippen LogP contribution in [0.25, 0.3) is 0 Å². The van der Waals surface area contributed by atoms with Gasteiger partial charge in [0.05, 0.1) is 18.0 Å². The summed E-state index contributed by atoms with van der Waals surface area (Å²) in [5.41, 5.74) is 5.95. The van der Waals surface area contributed by atoms with Gasteiger partial charge in [-0.05, 0) is 79.0 Å². The van der Waals surface area contributed by atoms with E-state index in [2.05, 4.69) is 44.9 Å². The first-order chi connectivity index (χ1) is 17.5. The minimum absolute atomic E-state index is 0.302. The summed E-state index contributed by atoms with van der Waals surface area (Å²) in [6.45, 7) is 4.20. The summed E-state index contributed by atoms with van der Waals surface area (Å²) < 4.78 is 15.8. The monoisotopic (exact) mass is 497 g/mol. The molecule has 0 bridgehead atoms. The lowest BCUT2D eigenvalue weighted by Crippen LogP contribution is -2.35. The van der Waals surface area contributed by atoms with Crippen molar-refractivity contribution in [2.24, 2.45) is 0 Å². The summed E-state index contributed by atoms with van der Waals surface area (Å²) in [7, 11) is 0. The van der Waals surface area contributed by atoms with E-state index in [4.69, 9.17) is 17.5 Å². The molecule has 3 aromatic carbocycles. The minimum Gasteiger partial charge on any atom is -0.345 e. The Morgan fingerprint density at radius 1 is 1.11 bits per heavy atom. The summed E-state index contributed by atoms with van der Waals surface area (Å²) in [5.74, 6) is -0.302. The molecule has 0 spiro atoms. The number of nitriles is 1. The van der Waals surface area contributed by atoms with Crippen molar-refractivity contribution in [3.05, 3.63) is 119 Å². The van der Waals surface area contributed by atoms with Crippen molar-refractivity contribution in [3.8, 4) is 6.07 Å². The molecule has 0 fully saturated rings. The maximum Gasteiger partial charge on any atom is 0.173 e. The molecule has 0 radical (unpaired) electrons. The van der Waals surface area contributed by atoms with Crippen molar-refractivity contribution >= 4 is 23.0 Å². The van der Waals surface area contributed by atoms with Crippen LogP contribution in [0.1, 0.15) is 34.4 Å². The summed E-state index contributed by atoms with van der Waals surface area (Å²) in [4.78, 5) is 6.48. The summed E-state index contributed by atoms with van der Waals surface area (Å²) in [6, 6.07) is 24.4. The fourth-order valence-corrected chi connectivity index (χ4v) is 4.32. The smallest absolute Gasteiger partial charge is 0.173 e. The molecule has 0 unspecified atom stereocenters. The summed E-state index contributed by atoms with van der Waals surface area (Å²) in [5, 5.41) is 12.8. The number of aryl methyl sites for hydroxylation is 2. The zero-order chi connectivity index (χ0) is 25.3. The van der Waals surface area contributed by atoms with Gasteiger partial charge in [0.1, 0.15) is 5.82 Å². The Hall–Kier alpha value is -4.02. The number of rotatable bonds is 9. The molecule has 1 heterocycles. The largest absolute Gasteiger partial charge is 0.345 e. The Bertz CT molecular complexity index is 1360. The van der Waals surface area contributed by atoms with Crippen LogP contribution in [0.2, 0.25) is 0 Å². The van der Waals surface area contributed by atoms with Crippen molar-refractivity contribution in [1.29, 1.82) is 5.26 Å². The number of benzene rings is 3. The third-order valence-electron chi connectivity index (χ3n) is 6.08. The van der Waals surface area contributed by atoms with Crippen molar-refractivity contribution in [3.63, 3.8) is 0 Å². The van der Waals surface area contributed by atoms with E-state index in [9.17, 15) is 4.39 Å². The molecule has 0 aliphatic carbocycles. The van der Waals surface area contributed by atoms with Gasteiger partial charge in [-0.15, -0.1) is 0 Å². The maximum atomic E-state index is 13.7. The van der Waals surface area contributed by atoms with Crippen molar-refractivity contribution in [2.45, 2.75) is 32.9 Å². The second kappa shape index (κ2) is 12.1. The molecule has 4 rings (SSSR count). The molecule has 1 aromatic heterocycles. The number of hydrogen-bond acceptors (Lipinski definition) is 3. The zero-order valence-corrected chi connectivity index (χ0v) is 21.0. The van der Waals surface area contributed by atoms with Gasteiger partial charge in [-0.1, -0.05) is 42.5 Å². The highest BCUT2D eigenvalue weighted by molar-refractivity contribution is 7.80. The second-order valence-corrected chi connectivity index (χ2v) is 9.10. The lowest BCUT2D eigenvalue weighted by atomic mass is 10.1. The van der Waals surface area contributed by atoms with Gasteiger partial charge in [0.2, 0.25) is 0 Å². The molecular formula is C29H28FN5S. The number of halogens is 1. The van der Waals surface area contributed by atoms with Crippen LogP contribution in [-0.4, -0.2) is 26.1 Å². The van der Waals surface area contributed by atoms with Crippen LogP contribution in [0, 0.1) is 24.1 Å². The predicted octanol–water partition coefficient (Wildman–Crippen LogP) is 6.08. The van der Waals surface area contributed by atoms with Crippen LogP contribution in [-0.2, 0) is 19.5 Å². The maximum absolute atomic E-state index is 13.7. The fraction of sp³-hybridized carbons (Fsp3) is 0.207. The first kappa shape index (κ1) is 25.1. The third kappa shape index (κ3) is 6.77. The Balaban J connectivity index is 1.42. The van der Waals surface area contributed by atoms with E-state index >= 15 is 0 Å². The van der Waals surface area contributed by atoms with Crippen molar-refractivity contribution in [1.82, 2.24) is 14.5 Å². The fourth-order valence-electron chi connectivity index (χ4n) is 4.05. The van der Waals surface area contributed by atoms with Gasteiger partial charge in [0.15, 0.2) is 5.11 Å². The molecule has 0 saturated heterocycles. The highest BCUT2D eigenvalue weighted by Gasteiger charge is 2.13. The molecule has 0 atom stereocenters. The first-order valence-corrected chi connectivity index (χ1v) is 12.3. The van der Waals surface area contributed by atoms with Crippen LogP contribution < -0.4 is 5.32 Å². The predicted molar refractivity (Wildman–Crippen MR) is 145 cm³/mol. The van der Waals surface area contributed by atoms with E-state index in [0.29, 0.717) is 29.5 Å². The lowest BCUT2D eigenvalue weighted by Gasteiger charge is -2.27. The average molecular weight is 498 g/mol. The second-order valence-electron chi connectivity index (χ2n) is 8.71. The Morgan fingerprint density at radius 2 is 1.92 bits per heavy atom. The summed E-state index contributed by atoms with van der Waals surface area (Å²) in [6.07, 6.45) is 5.45. The van der Waals surface area contributed by atoms with Crippen molar-refractivity contribution in [2.75, 3.05) is 11.9 Å². The Morgan fingerprint density at radius 3 is 2.67 bits per heavy atom. The molecule has 1 N–H and O–H groups in total. The van der Waals surface area contributed by atoms with Gasteiger partial charge in [0, 0.05) is 37.2 Å². The molecule has 36 heavy (non-hydrogen) atoms. The van der Waals surface area contributed by atoms with Crippen LogP contribution in [0.15, 0.2) is 85.3 Å². The molecule has 0 amide bonds. The third-order valence-corrected chi connectivity index (χ3v) is 6.44. The van der Waals surface area contributed by atoms with E-state index in [1.54, 1.807) is 6.07 Å². The van der Waals surface area contributed by atoms with Gasteiger partial charge in [-0.3, -0.25) is 0 Å². The van der Waals surface area contributed by atoms with Gasteiger partial charge in [0.25, 0.3) is 0 Å². The minimum atomic E-state index is -0.302. The van der Waals surface area contributed by atoms with Crippen LogP contribution >= 0.6 is 12.2 Å². The SMILES string of the molecule is Cc1ccccc1CN(CCCc1cncn1Cc1ccc(C#N)cc1)C(=S)Nc1cccc(F)c1. The first-order valence-electron chi connectivity index (χ1n) is 11.9. The number of anilines is 1. The molecular weight excluding hydrogens is 469 g/mol. The molecule has 5 nitrogen and oxygen atoms in total. The van der Waals surface area contributed by atoms with E-state index < -0.39 is 0 Å². The van der Waals surface area contributed by atoms with Gasteiger partial charge < -0.3 is 14.8 Å². The quantitative estimate of drug-likeness (QED) is 0.284. The zero-order valence-electron chi connectivity index (χ0n) is 20.2. The van der Waals surface area contributed by atoms with E-state index in [1.165, 1.54) is 23.3 Å². The van der Waals surface area contributed by atoms with Crippen LogP contribution in [0.4, 0.5) is 10.1 Å². The van der Waals surface area contributed by atoms with Gasteiger partial charge in [-0.25, -0.2) is 9.37 Å². The topological polar surface area (TPSA) is 56.9 Å². The number of imidazole rings is 1. The Labute approximate surface area is 216 Å². The summed E-state index contributed by atoms with van der Waals surface area (Å²) >= 11 is 5.74. The molecule has 0 aliphatic heterocycles. The number of hydrogen-bond donors (Lipinski definition) is 1. The normalized spacial score (nSPS) is 10.6. The van der Waals surface area contributed by atoms with Gasteiger partial charge >= 0.3 is 0 Å². The molecule has 4 aromatic rings. The molecule has 0 aliphatic rings. The highest BCUT2D eigenvalue weighted by Crippen LogP contribution is 2.16. The molecule has 7 heteroatoms. The molecule has 0 saturated carbocycles. The average Bonchev–Trinajstić information content (AvgIpc) is 3.31. The number of thiocarbonyl (C=S) groups is 1. The Kier molecular flexibility index (Phi) is 8.43. The molecule has 182 valence electrons. The van der Waals surface area contributed by atoms with E-state index in [-0.39, 0.29) is 5.82 Å². The van der Waals surface area contributed by atoms with E-state index in [1.807, 2.05) is 55.0 Å². The standard InChI is InChI=1S/C29H28FN5S/c1-22-6-2-3-7-25(22)20-34(29(36)33-27-9-4-8-26(30)16-27)15-5-10-28-18-32-21-35(28)19-24-13-11-23(17-31)12-14-24/h2-4,6-9,11-14,16,18,21H,5,10,15,19-20H2,1H3,(H,33,36). The number of nitrogens with one attached hydrogen (secondary N) is 1. The lowest BCUT2D eigenvalue weighted by molar-refractivity contribution is 0.407. The van der Waals surface area contributed by atoms with Crippen LogP contribution in [0.3, 0.4) is 0 Å². The highest BCUT2D eigenvalue weighted by atomic mass is 32.1. The van der Waals surface area contributed by atoms with Gasteiger partial charge in [-0.2, -0.15) is 5.26 Å². The van der Waals surface area contributed by atoms with Crippen LogP contribution in [0.5, 0.6) is 0 Å².